The molecule has 3 rings (SSSR count). The standard InChI is InChI=1S/C17H15NO3/c1-17(12-5-3-2-4-6-12)11-15(20)18(16(17)21)13-7-9-14(19)10-8-13/h2-10,19H,11H2,1H3. The first-order valence-corrected chi connectivity index (χ1v) is 6.74. The molecule has 2 aromatic carbocycles. The van der Waals surface area contributed by atoms with Crippen molar-refractivity contribution < 1.29 is 14.7 Å². The molecule has 1 aliphatic heterocycles. The molecule has 1 atom stereocenters. The van der Waals surface area contributed by atoms with Gasteiger partial charge in [-0.3, -0.25) is 9.59 Å². The Balaban J connectivity index is 2.01. The van der Waals surface area contributed by atoms with Crippen LogP contribution in [0.25, 0.3) is 0 Å². The van der Waals surface area contributed by atoms with Gasteiger partial charge in [-0.1, -0.05) is 30.3 Å². The lowest BCUT2D eigenvalue weighted by Crippen LogP contribution is -2.36. The number of amides is 2. The van der Waals surface area contributed by atoms with Gasteiger partial charge in [0.15, 0.2) is 0 Å². The third kappa shape index (κ3) is 2.09. The first kappa shape index (κ1) is 13.4. The van der Waals surface area contributed by atoms with Crippen molar-refractivity contribution in [3.8, 4) is 5.75 Å². The third-order valence-electron chi connectivity index (χ3n) is 3.95. The van der Waals surface area contributed by atoms with Gasteiger partial charge >= 0.3 is 0 Å². The molecule has 1 aliphatic rings. The molecule has 4 nitrogen and oxygen atoms in total. The van der Waals surface area contributed by atoms with Gasteiger partial charge in [-0.15, -0.1) is 0 Å². The van der Waals surface area contributed by atoms with Crippen molar-refractivity contribution in [3.05, 3.63) is 60.2 Å². The van der Waals surface area contributed by atoms with E-state index in [4.69, 9.17) is 0 Å². The first-order chi connectivity index (χ1) is 10.0. The molecular weight excluding hydrogens is 266 g/mol. The highest BCUT2D eigenvalue weighted by Gasteiger charge is 2.49. The van der Waals surface area contributed by atoms with Crippen molar-refractivity contribution in [2.75, 3.05) is 4.90 Å². The molecule has 1 heterocycles. The fourth-order valence-electron chi connectivity index (χ4n) is 2.71. The molecule has 21 heavy (non-hydrogen) atoms. The number of aromatic hydroxyl groups is 1. The second kappa shape index (κ2) is 4.74. The lowest BCUT2D eigenvalue weighted by molar-refractivity contribution is -0.122. The summed E-state index contributed by atoms with van der Waals surface area (Å²) in [5, 5.41) is 9.32. The number of benzene rings is 2. The van der Waals surface area contributed by atoms with E-state index in [-0.39, 0.29) is 24.0 Å². The number of hydrogen-bond donors (Lipinski definition) is 1. The molecule has 0 bridgehead atoms. The van der Waals surface area contributed by atoms with E-state index in [0.29, 0.717) is 5.69 Å². The molecule has 106 valence electrons. The van der Waals surface area contributed by atoms with Gasteiger partial charge in [0.1, 0.15) is 5.75 Å². The third-order valence-corrected chi connectivity index (χ3v) is 3.95. The molecule has 1 fully saturated rings. The molecule has 2 amide bonds. The number of carbonyl (C=O) groups excluding carboxylic acids is 2. The highest BCUT2D eigenvalue weighted by Crippen LogP contribution is 2.38. The number of imide groups is 1. The van der Waals surface area contributed by atoms with Crippen LogP contribution in [0.1, 0.15) is 18.9 Å². The summed E-state index contributed by atoms with van der Waals surface area (Å²) in [6.45, 7) is 1.79. The molecule has 1 N–H and O–H groups in total. The summed E-state index contributed by atoms with van der Waals surface area (Å²) in [6.07, 6.45) is 0.150. The number of rotatable bonds is 2. The van der Waals surface area contributed by atoms with Crippen LogP contribution in [-0.2, 0) is 15.0 Å². The number of phenolic OH excluding ortho intramolecular Hbond substituents is 1. The van der Waals surface area contributed by atoms with Crippen molar-refractivity contribution in [1.82, 2.24) is 0 Å². The van der Waals surface area contributed by atoms with E-state index in [9.17, 15) is 14.7 Å². The second-order valence-corrected chi connectivity index (χ2v) is 5.43. The summed E-state index contributed by atoms with van der Waals surface area (Å²) in [6, 6.07) is 15.4. The summed E-state index contributed by atoms with van der Waals surface area (Å²) < 4.78 is 0. The van der Waals surface area contributed by atoms with E-state index in [1.54, 1.807) is 19.1 Å². The van der Waals surface area contributed by atoms with Gasteiger partial charge in [-0.2, -0.15) is 0 Å². The maximum atomic E-state index is 12.8. The van der Waals surface area contributed by atoms with Crippen LogP contribution in [0.5, 0.6) is 5.75 Å². The lowest BCUT2D eigenvalue weighted by Gasteiger charge is -2.22. The van der Waals surface area contributed by atoms with Crippen LogP contribution >= 0.6 is 0 Å². The van der Waals surface area contributed by atoms with Crippen LogP contribution in [0, 0.1) is 0 Å². The topological polar surface area (TPSA) is 57.6 Å². The SMILES string of the molecule is CC1(c2ccccc2)CC(=O)N(c2ccc(O)cc2)C1=O. The molecule has 0 spiro atoms. The minimum absolute atomic E-state index is 0.101. The van der Waals surface area contributed by atoms with E-state index in [2.05, 4.69) is 0 Å². The summed E-state index contributed by atoms with van der Waals surface area (Å²) in [5.74, 6) is -0.356. The maximum absolute atomic E-state index is 12.8. The number of phenols is 1. The Morgan fingerprint density at radius 3 is 2.24 bits per heavy atom. The van der Waals surface area contributed by atoms with Crippen LogP contribution in [0.15, 0.2) is 54.6 Å². The number of hydrogen-bond acceptors (Lipinski definition) is 3. The summed E-state index contributed by atoms with van der Waals surface area (Å²) >= 11 is 0. The Morgan fingerprint density at radius 2 is 1.62 bits per heavy atom. The van der Waals surface area contributed by atoms with Crippen LogP contribution in [0.3, 0.4) is 0 Å². The molecule has 0 radical (unpaired) electrons. The van der Waals surface area contributed by atoms with E-state index >= 15 is 0 Å². The summed E-state index contributed by atoms with van der Waals surface area (Å²) in [5.41, 5.74) is 0.489. The van der Waals surface area contributed by atoms with Gasteiger partial charge in [-0.25, -0.2) is 4.90 Å². The van der Waals surface area contributed by atoms with Crippen LogP contribution < -0.4 is 4.90 Å². The Bertz CT molecular complexity index is 694. The molecule has 2 aromatic rings. The highest BCUT2D eigenvalue weighted by atomic mass is 16.3. The zero-order valence-corrected chi connectivity index (χ0v) is 11.6. The molecule has 4 heteroatoms. The van der Waals surface area contributed by atoms with Crippen molar-refractivity contribution in [1.29, 1.82) is 0 Å². The Morgan fingerprint density at radius 1 is 1.00 bits per heavy atom. The normalized spacial score (nSPS) is 21.9. The Labute approximate surface area is 122 Å². The van der Waals surface area contributed by atoms with Gasteiger partial charge < -0.3 is 5.11 Å². The smallest absolute Gasteiger partial charge is 0.244 e. The number of carbonyl (C=O) groups is 2. The van der Waals surface area contributed by atoms with Gasteiger partial charge in [0.25, 0.3) is 0 Å². The second-order valence-electron chi connectivity index (χ2n) is 5.43. The zero-order chi connectivity index (χ0) is 15.0. The van der Waals surface area contributed by atoms with Crippen LogP contribution in [0.2, 0.25) is 0 Å². The van der Waals surface area contributed by atoms with Crippen molar-refractivity contribution in [2.24, 2.45) is 0 Å². The van der Waals surface area contributed by atoms with E-state index in [1.165, 1.54) is 17.0 Å². The average Bonchev–Trinajstić information content (AvgIpc) is 2.72. The Hall–Kier alpha value is -2.62. The first-order valence-electron chi connectivity index (χ1n) is 6.74. The molecule has 0 aliphatic carbocycles. The highest BCUT2D eigenvalue weighted by molar-refractivity contribution is 6.24. The fraction of sp³-hybridized carbons (Fsp3) is 0.176. The number of nitrogens with zero attached hydrogens (tertiary/aromatic N) is 1. The van der Waals surface area contributed by atoms with E-state index in [1.807, 2.05) is 30.3 Å². The van der Waals surface area contributed by atoms with Crippen molar-refractivity contribution >= 4 is 17.5 Å². The van der Waals surface area contributed by atoms with Crippen LogP contribution in [-0.4, -0.2) is 16.9 Å². The average molecular weight is 281 g/mol. The van der Waals surface area contributed by atoms with E-state index in [0.717, 1.165) is 5.56 Å². The van der Waals surface area contributed by atoms with Gasteiger partial charge in [0.05, 0.1) is 11.1 Å². The molecule has 0 saturated carbocycles. The molecule has 1 saturated heterocycles. The zero-order valence-electron chi connectivity index (χ0n) is 11.6. The minimum atomic E-state index is -0.837. The van der Waals surface area contributed by atoms with Crippen molar-refractivity contribution in [3.63, 3.8) is 0 Å². The quantitative estimate of drug-likeness (QED) is 0.861. The van der Waals surface area contributed by atoms with Gasteiger partial charge in [0, 0.05) is 6.42 Å². The molecule has 1 unspecified atom stereocenters. The molecule has 0 aromatic heterocycles. The van der Waals surface area contributed by atoms with Gasteiger partial charge in [-0.05, 0) is 36.8 Å². The summed E-state index contributed by atoms with van der Waals surface area (Å²) in [7, 11) is 0. The lowest BCUT2D eigenvalue weighted by atomic mass is 9.81. The maximum Gasteiger partial charge on any atom is 0.244 e. The van der Waals surface area contributed by atoms with Gasteiger partial charge in [0.2, 0.25) is 11.8 Å². The minimum Gasteiger partial charge on any atom is -0.508 e. The predicted molar refractivity (Wildman–Crippen MR) is 79.0 cm³/mol. The monoisotopic (exact) mass is 281 g/mol. The van der Waals surface area contributed by atoms with Crippen molar-refractivity contribution in [2.45, 2.75) is 18.8 Å². The van der Waals surface area contributed by atoms with Crippen LogP contribution in [0.4, 0.5) is 5.69 Å². The largest absolute Gasteiger partial charge is 0.508 e. The Kier molecular flexibility index (Phi) is 3.01. The predicted octanol–water partition coefficient (Wildman–Crippen LogP) is 2.61. The molecular formula is C17H15NO3. The fourth-order valence-corrected chi connectivity index (χ4v) is 2.71. The number of anilines is 1. The summed E-state index contributed by atoms with van der Waals surface area (Å²) in [4.78, 5) is 26.3. The van der Waals surface area contributed by atoms with E-state index < -0.39 is 5.41 Å².